The molecule has 1 fully saturated rings. The van der Waals surface area contributed by atoms with Gasteiger partial charge in [-0.15, -0.1) is 0 Å². The highest BCUT2D eigenvalue weighted by molar-refractivity contribution is 9.10. The molecular formula is C13H16BrClN2O2. The number of hydrogen-bond donors (Lipinski definition) is 2. The largest absolute Gasteiger partial charge is 0.391 e. The summed E-state index contributed by atoms with van der Waals surface area (Å²) in [7, 11) is 0. The monoisotopic (exact) mass is 346 g/mol. The fourth-order valence-electron chi connectivity index (χ4n) is 2.38. The number of aliphatic hydroxyl groups excluding tert-OH is 1. The molecular weight excluding hydrogens is 332 g/mol. The molecule has 19 heavy (non-hydrogen) atoms. The van der Waals surface area contributed by atoms with Crippen molar-refractivity contribution in [3.63, 3.8) is 0 Å². The second-order valence-electron chi connectivity index (χ2n) is 4.81. The summed E-state index contributed by atoms with van der Waals surface area (Å²) < 4.78 is 0.693. The molecule has 2 N–H and O–H groups in total. The first-order chi connectivity index (χ1) is 9.08. The van der Waals surface area contributed by atoms with Crippen LogP contribution in [0.25, 0.3) is 0 Å². The van der Waals surface area contributed by atoms with Crippen molar-refractivity contribution in [3.05, 3.63) is 27.5 Å². The van der Waals surface area contributed by atoms with Crippen molar-refractivity contribution in [3.8, 4) is 0 Å². The normalized spacial score (nSPS) is 17.4. The Hall–Kier alpha value is -0.650. The number of aromatic nitrogens is 1. The Morgan fingerprint density at radius 3 is 2.95 bits per heavy atom. The fourth-order valence-corrected chi connectivity index (χ4v) is 2.90. The topological polar surface area (TPSA) is 62.2 Å². The minimum Gasteiger partial charge on any atom is -0.391 e. The number of amides is 1. The third-order valence-electron chi connectivity index (χ3n) is 3.47. The molecule has 0 aliphatic heterocycles. The lowest BCUT2D eigenvalue weighted by Crippen LogP contribution is -2.35. The maximum atomic E-state index is 12.0. The third kappa shape index (κ3) is 3.91. The quantitative estimate of drug-likeness (QED) is 0.823. The minimum absolute atomic E-state index is 0.163. The van der Waals surface area contributed by atoms with E-state index in [2.05, 4.69) is 26.2 Å². The van der Waals surface area contributed by atoms with Crippen LogP contribution in [0.15, 0.2) is 16.7 Å². The maximum absolute atomic E-state index is 12.0. The van der Waals surface area contributed by atoms with Crippen LogP contribution in [0.4, 0.5) is 0 Å². The molecule has 0 saturated heterocycles. The van der Waals surface area contributed by atoms with Gasteiger partial charge in [-0.1, -0.05) is 24.4 Å². The second kappa shape index (κ2) is 6.68. The van der Waals surface area contributed by atoms with Gasteiger partial charge in [0.25, 0.3) is 5.91 Å². The Morgan fingerprint density at radius 1 is 1.58 bits per heavy atom. The first-order valence-corrected chi connectivity index (χ1v) is 7.52. The summed E-state index contributed by atoms with van der Waals surface area (Å²) in [5.41, 5.74) is 0.315. The summed E-state index contributed by atoms with van der Waals surface area (Å²) >= 11 is 9.13. The van der Waals surface area contributed by atoms with Crippen molar-refractivity contribution in [1.29, 1.82) is 0 Å². The first-order valence-electron chi connectivity index (χ1n) is 6.35. The number of pyridine rings is 1. The van der Waals surface area contributed by atoms with E-state index in [1.54, 1.807) is 6.07 Å². The molecule has 1 saturated carbocycles. The Balaban J connectivity index is 1.91. The van der Waals surface area contributed by atoms with Gasteiger partial charge in [0.1, 0.15) is 5.15 Å². The van der Waals surface area contributed by atoms with E-state index in [4.69, 9.17) is 11.6 Å². The van der Waals surface area contributed by atoms with Gasteiger partial charge in [-0.3, -0.25) is 4.79 Å². The van der Waals surface area contributed by atoms with E-state index < -0.39 is 6.10 Å². The van der Waals surface area contributed by atoms with Crippen molar-refractivity contribution >= 4 is 33.4 Å². The zero-order valence-corrected chi connectivity index (χ0v) is 12.7. The SMILES string of the molecule is O=C(NCC(O)C1CCCC1)c1cc(Br)cnc1Cl. The van der Waals surface area contributed by atoms with Gasteiger partial charge in [0.15, 0.2) is 0 Å². The molecule has 2 rings (SSSR count). The molecule has 1 amide bonds. The van der Waals surface area contributed by atoms with Crippen molar-refractivity contribution in [2.45, 2.75) is 31.8 Å². The van der Waals surface area contributed by atoms with Crippen LogP contribution in [0.2, 0.25) is 5.15 Å². The van der Waals surface area contributed by atoms with Gasteiger partial charge in [-0.25, -0.2) is 4.98 Å². The molecule has 1 atom stereocenters. The Bertz CT molecular complexity index is 464. The molecule has 1 heterocycles. The minimum atomic E-state index is -0.481. The van der Waals surface area contributed by atoms with E-state index >= 15 is 0 Å². The molecule has 0 aromatic carbocycles. The van der Waals surface area contributed by atoms with Crippen LogP contribution in [0.5, 0.6) is 0 Å². The molecule has 0 bridgehead atoms. The summed E-state index contributed by atoms with van der Waals surface area (Å²) in [5.74, 6) is -0.00717. The maximum Gasteiger partial charge on any atom is 0.254 e. The molecule has 1 unspecified atom stereocenters. The van der Waals surface area contributed by atoms with Crippen LogP contribution in [-0.2, 0) is 0 Å². The second-order valence-corrected chi connectivity index (χ2v) is 6.09. The molecule has 0 spiro atoms. The summed E-state index contributed by atoms with van der Waals surface area (Å²) in [6.07, 6.45) is 5.46. The number of nitrogens with zero attached hydrogens (tertiary/aromatic N) is 1. The lowest BCUT2D eigenvalue weighted by Gasteiger charge is -2.18. The van der Waals surface area contributed by atoms with Gasteiger partial charge < -0.3 is 10.4 Å². The van der Waals surface area contributed by atoms with Gasteiger partial charge in [-0.05, 0) is 40.8 Å². The van der Waals surface area contributed by atoms with Gasteiger partial charge in [0.05, 0.1) is 11.7 Å². The standard InChI is InChI=1S/C13H16BrClN2O2/c14-9-5-10(12(15)16-6-9)13(19)17-7-11(18)8-3-1-2-4-8/h5-6,8,11,18H,1-4,7H2,(H,17,19). The lowest BCUT2D eigenvalue weighted by molar-refractivity contribution is 0.0840. The molecule has 0 radical (unpaired) electrons. The number of carbonyl (C=O) groups is 1. The number of halogens is 2. The third-order valence-corrected chi connectivity index (χ3v) is 4.20. The molecule has 1 aliphatic carbocycles. The summed E-state index contributed by atoms with van der Waals surface area (Å²) in [5, 5.41) is 12.9. The van der Waals surface area contributed by atoms with E-state index in [0.29, 0.717) is 16.0 Å². The molecule has 4 nitrogen and oxygen atoms in total. The predicted molar refractivity (Wildman–Crippen MR) is 77.2 cm³/mol. The highest BCUT2D eigenvalue weighted by Gasteiger charge is 2.23. The van der Waals surface area contributed by atoms with Crippen molar-refractivity contribution < 1.29 is 9.90 Å². The van der Waals surface area contributed by atoms with E-state index in [1.807, 2.05) is 0 Å². The first kappa shape index (κ1) is 14.8. The number of carbonyl (C=O) groups excluding carboxylic acids is 1. The highest BCUT2D eigenvalue weighted by Crippen LogP contribution is 2.27. The van der Waals surface area contributed by atoms with E-state index in [1.165, 1.54) is 6.20 Å². The number of hydrogen-bond acceptors (Lipinski definition) is 3. The highest BCUT2D eigenvalue weighted by atomic mass is 79.9. The van der Waals surface area contributed by atoms with E-state index in [9.17, 15) is 9.90 Å². The molecule has 6 heteroatoms. The lowest BCUT2D eigenvalue weighted by atomic mass is 10.0. The molecule has 1 aromatic heterocycles. The zero-order chi connectivity index (χ0) is 13.8. The Kier molecular flexibility index (Phi) is 5.19. The summed E-state index contributed by atoms with van der Waals surface area (Å²) in [6, 6.07) is 1.62. The zero-order valence-electron chi connectivity index (χ0n) is 10.4. The van der Waals surface area contributed by atoms with Gasteiger partial charge in [-0.2, -0.15) is 0 Å². The van der Waals surface area contributed by atoms with Gasteiger partial charge in [0.2, 0.25) is 0 Å². The number of nitrogens with one attached hydrogen (secondary N) is 1. The fraction of sp³-hybridized carbons (Fsp3) is 0.538. The van der Waals surface area contributed by atoms with Gasteiger partial charge >= 0.3 is 0 Å². The molecule has 1 aromatic rings. The van der Waals surface area contributed by atoms with Crippen molar-refractivity contribution in [2.24, 2.45) is 5.92 Å². The predicted octanol–water partition coefficient (Wildman–Crippen LogP) is 2.78. The van der Waals surface area contributed by atoms with Crippen LogP contribution in [-0.4, -0.2) is 28.6 Å². The van der Waals surface area contributed by atoms with Crippen LogP contribution in [0.3, 0.4) is 0 Å². The smallest absolute Gasteiger partial charge is 0.254 e. The van der Waals surface area contributed by atoms with Crippen LogP contribution >= 0.6 is 27.5 Å². The van der Waals surface area contributed by atoms with Crippen LogP contribution in [0, 0.1) is 5.92 Å². The van der Waals surface area contributed by atoms with Crippen molar-refractivity contribution in [2.75, 3.05) is 6.54 Å². The molecule has 104 valence electrons. The number of rotatable bonds is 4. The van der Waals surface area contributed by atoms with Crippen LogP contribution in [0.1, 0.15) is 36.0 Å². The Morgan fingerprint density at radius 2 is 2.26 bits per heavy atom. The number of aliphatic hydroxyl groups is 1. The Labute approximate surface area is 125 Å². The van der Waals surface area contributed by atoms with E-state index in [0.717, 1.165) is 25.7 Å². The van der Waals surface area contributed by atoms with E-state index in [-0.39, 0.29) is 17.6 Å². The average molecular weight is 348 g/mol. The summed E-state index contributed by atoms with van der Waals surface area (Å²) in [4.78, 5) is 15.9. The summed E-state index contributed by atoms with van der Waals surface area (Å²) in [6.45, 7) is 0.256. The van der Waals surface area contributed by atoms with Crippen LogP contribution < -0.4 is 5.32 Å². The van der Waals surface area contributed by atoms with Gasteiger partial charge in [0, 0.05) is 17.2 Å². The van der Waals surface area contributed by atoms with Crippen molar-refractivity contribution in [1.82, 2.24) is 10.3 Å². The molecule has 1 aliphatic rings. The average Bonchev–Trinajstić information content (AvgIpc) is 2.92.